The van der Waals surface area contributed by atoms with Gasteiger partial charge in [-0.05, 0) is 47.5 Å². The van der Waals surface area contributed by atoms with Crippen LogP contribution in [-0.2, 0) is 10.2 Å². The minimum absolute atomic E-state index is 0.0140. The van der Waals surface area contributed by atoms with Crippen LogP contribution in [0.15, 0.2) is 47.6 Å². The number of benzene rings is 2. The Morgan fingerprint density at radius 1 is 1.24 bits per heavy atom. The van der Waals surface area contributed by atoms with Gasteiger partial charge in [0.05, 0.1) is 24.4 Å². The van der Waals surface area contributed by atoms with Crippen LogP contribution in [-0.4, -0.2) is 60.5 Å². The summed E-state index contributed by atoms with van der Waals surface area (Å²) in [7, 11) is 0. The molecule has 0 saturated carbocycles. The summed E-state index contributed by atoms with van der Waals surface area (Å²) in [5.74, 6) is 0.701. The summed E-state index contributed by atoms with van der Waals surface area (Å²) in [4.78, 5) is 13.4. The molecule has 2 N–H and O–H groups in total. The number of hydrogen-bond acceptors (Lipinski definition) is 7. The Bertz CT molecular complexity index is 1020. The molecule has 2 aromatic carbocycles. The number of nitro benzene ring substituents is 1. The number of morpholine rings is 1. The molecule has 1 saturated heterocycles. The molecule has 10 heteroatoms. The van der Waals surface area contributed by atoms with Crippen LogP contribution in [0.25, 0.3) is 0 Å². The molecule has 0 aromatic heterocycles. The van der Waals surface area contributed by atoms with Gasteiger partial charge in [-0.2, -0.15) is 5.10 Å². The Morgan fingerprint density at radius 3 is 2.59 bits per heavy atom. The van der Waals surface area contributed by atoms with E-state index in [0.717, 1.165) is 38.4 Å². The van der Waals surface area contributed by atoms with Crippen molar-refractivity contribution in [3.63, 3.8) is 0 Å². The van der Waals surface area contributed by atoms with E-state index < -0.39 is 4.92 Å². The van der Waals surface area contributed by atoms with Crippen molar-refractivity contribution in [2.24, 2.45) is 5.10 Å². The highest BCUT2D eigenvalue weighted by atomic mass is 32.1. The lowest BCUT2D eigenvalue weighted by atomic mass is 9.87. The van der Waals surface area contributed by atoms with Gasteiger partial charge < -0.3 is 14.8 Å². The SMILES string of the molecule is CC(C)(C)c1ccc(Oc2ccc(/C=N/NC(=S)NCCN3CCOCC3)cc2[N+](=O)[O-])cc1. The molecule has 3 rings (SSSR count). The maximum Gasteiger partial charge on any atom is 0.312 e. The Hall–Kier alpha value is -3.08. The van der Waals surface area contributed by atoms with Crippen LogP contribution in [0.1, 0.15) is 31.9 Å². The Balaban J connectivity index is 1.55. The number of rotatable bonds is 8. The van der Waals surface area contributed by atoms with E-state index in [0.29, 0.717) is 23.0 Å². The smallest absolute Gasteiger partial charge is 0.312 e. The molecule has 0 radical (unpaired) electrons. The molecule has 1 aliphatic rings. The van der Waals surface area contributed by atoms with Gasteiger partial charge in [0.25, 0.3) is 0 Å². The molecule has 0 aliphatic carbocycles. The maximum absolute atomic E-state index is 11.6. The van der Waals surface area contributed by atoms with Crippen LogP contribution in [0.5, 0.6) is 11.5 Å². The molecule has 0 unspecified atom stereocenters. The molecule has 0 bridgehead atoms. The third kappa shape index (κ3) is 7.75. The normalized spacial score (nSPS) is 14.7. The summed E-state index contributed by atoms with van der Waals surface area (Å²) >= 11 is 5.22. The van der Waals surface area contributed by atoms with Gasteiger partial charge in [-0.15, -0.1) is 0 Å². The zero-order chi connectivity index (χ0) is 24.6. The third-order valence-corrected chi connectivity index (χ3v) is 5.56. The molecule has 0 spiro atoms. The van der Waals surface area contributed by atoms with E-state index >= 15 is 0 Å². The Labute approximate surface area is 205 Å². The Kier molecular flexibility index (Phi) is 8.91. The van der Waals surface area contributed by atoms with Crippen LogP contribution in [0.4, 0.5) is 5.69 Å². The lowest BCUT2D eigenvalue weighted by Gasteiger charge is -2.26. The molecule has 2 aromatic rings. The first-order chi connectivity index (χ1) is 16.2. The minimum atomic E-state index is -0.471. The van der Waals surface area contributed by atoms with Crippen LogP contribution in [0.2, 0.25) is 0 Å². The van der Waals surface area contributed by atoms with E-state index in [2.05, 4.69) is 41.5 Å². The summed E-state index contributed by atoms with van der Waals surface area (Å²) in [5, 5.41) is 19.2. The van der Waals surface area contributed by atoms with Gasteiger partial charge in [-0.3, -0.25) is 20.4 Å². The van der Waals surface area contributed by atoms with Gasteiger partial charge in [0, 0.05) is 37.8 Å². The number of thiocarbonyl (C=S) groups is 1. The topological polar surface area (TPSA) is 101 Å². The first kappa shape index (κ1) is 25.5. The van der Waals surface area contributed by atoms with E-state index in [1.165, 1.54) is 12.3 Å². The predicted octanol–water partition coefficient (Wildman–Crippen LogP) is 3.81. The summed E-state index contributed by atoms with van der Waals surface area (Å²) in [6.45, 7) is 11.3. The highest BCUT2D eigenvalue weighted by Gasteiger charge is 2.18. The molecule has 182 valence electrons. The van der Waals surface area contributed by atoms with Crippen molar-refractivity contribution in [1.29, 1.82) is 0 Å². The average Bonchev–Trinajstić information content (AvgIpc) is 2.80. The number of nitrogens with one attached hydrogen (secondary N) is 2. The first-order valence-corrected chi connectivity index (χ1v) is 11.6. The molecule has 0 atom stereocenters. The number of ether oxygens (including phenoxy) is 2. The predicted molar refractivity (Wildman–Crippen MR) is 137 cm³/mol. The molecule has 0 amide bonds. The fourth-order valence-corrected chi connectivity index (χ4v) is 3.51. The number of hydrogen-bond donors (Lipinski definition) is 2. The lowest BCUT2D eigenvalue weighted by molar-refractivity contribution is -0.385. The standard InChI is InChI=1S/C24H31N5O4S/c1-24(2,3)19-5-7-20(8-6-19)33-22-9-4-18(16-21(22)29(30)31)17-26-27-23(34)25-10-11-28-12-14-32-15-13-28/h4-9,16-17H,10-15H2,1-3H3,(H2,25,27,34)/b26-17+. The molecule has 34 heavy (non-hydrogen) atoms. The van der Waals surface area contributed by atoms with E-state index in [4.69, 9.17) is 21.7 Å². The van der Waals surface area contributed by atoms with Gasteiger partial charge in [0.15, 0.2) is 5.11 Å². The van der Waals surface area contributed by atoms with Crippen LogP contribution < -0.4 is 15.5 Å². The quantitative estimate of drug-likeness (QED) is 0.252. The highest BCUT2D eigenvalue weighted by Crippen LogP contribution is 2.33. The van der Waals surface area contributed by atoms with Crippen molar-refractivity contribution < 1.29 is 14.4 Å². The Morgan fingerprint density at radius 2 is 1.94 bits per heavy atom. The largest absolute Gasteiger partial charge is 0.450 e. The van der Waals surface area contributed by atoms with Crippen molar-refractivity contribution in [1.82, 2.24) is 15.6 Å². The number of nitro groups is 1. The summed E-state index contributed by atoms with van der Waals surface area (Å²) in [6, 6.07) is 12.2. The van der Waals surface area contributed by atoms with Gasteiger partial charge in [0.2, 0.25) is 5.75 Å². The molecule has 1 aliphatic heterocycles. The van der Waals surface area contributed by atoms with E-state index in [-0.39, 0.29) is 16.9 Å². The first-order valence-electron chi connectivity index (χ1n) is 11.2. The molecular weight excluding hydrogens is 454 g/mol. The minimum Gasteiger partial charge on any atom is -0.450 e. The molecular formula is C24H31N5O4S. The average molecular weight is 486 g/mol. The van der Waals surface area contributed by atoms with Crippen molar-refractivity contribution in [2.45, 2.75) is 26.2 Å². The van der Waals surface area contributed by atoms with Crippen LogP contribution >= 0.6 is 12.2 Å². The van der Waals surface area contributed by atoms with E-state index in [1.807, 2.05) is 24.3 Å². The number of nitrogens with zero attached hydrogens (tertiary/aromatic N) is 3. The fraction of sp³-hybridized carbons (Fsp3) is 0.417. The second-order valence-corrected chi connectivity index (χ2v) is 9.35. The van der Waals surface area contributed by atoms with E-state index in [1.54, 1.807) is 12.1 Å². The monoisotopic (exact) mass is 485 g/mol. The third-order valence-electron chi connectivity index (χ3n) is 5.32. The fourth-order valence-electron chi connectivity index (χ4n) is 3.35. The van der Waals surface area contributed by atoms with Gasteiger partial charge >= 0.3 is 5.69 Å². The van der Waals surface area contributed by atoms with Gasteiger partial charge in [-0.25, -0.2) is 0 Å². The second-order valence-electron chi connectivity index (χ2n) is 8.94. The lowest BCUT2D eigenvalue weighted by Crippen LogP contribution is -2.42. The summed E-state index contributed by atoms with van der Waals surface area (Å²) in [6.07, 6.45) is 1.48. The van der Waals surface area contributed by atoms with Crippen LogP contribution in [0.3, 0.4) is 0 Å². The maximum atomic E-state index is 11.6. The summed E-state index contributed by atoms with van der Waals surface area (Å²) < 4.78 is 11.1. The molecule has 1 heterocycles. The van der Waals surface area contributed by atoms with Crippen molar-refractivity contribution in [2.75, 3.05) is 39.4 Å². The van der Waals surface area contributed by atoms with Gasteiger partial charge in [-0.1, -0.05) is 32.9 Å². The zero-order valence-corrected chi connectivity index (χ0v) is 20.6. The van der Waals surface area contributed by atoms with Gasteiger partial charge in [0.1, 0.15) is 5.75 Å². The molecule has 1 fully saturated rings. The second kappa shape index (κ2) is 11.9. The number of hydrazone groups is 1. The zero-order valence-electron chi connectivity index (χ0n) is 19.7. The van der Waals surface area contributed by atoms with Crippen molar-refractivity contribution in [3.05, 3.63) is 63.7 Å². The van der Waals surface area contributed by atoms with Crippen molar-refractivity contribution in [3.8, 4) is 11.5 Å². The van der Waals surface area contributed by atoms with Crippen LogP contribution in [0, 0.1) is 10.1 Å². The molecule has 9 nitrogen and oxygen atoms in total. The van der Waals surface area contributed by atoms with Crippen molar-refractivity contribution >= 4 is 29.2 Å². The summed E-state index contributed by atoms with van der Waals surface area (Å²) in [5.41, 5.74) is 4.31. The highest BCUT2D eigenvalue weighted by molar-refractivity contribution is 7.80. The van der Waals surface area contributed by atoms with E-state index in [9.17, 15) is 10.1 Å².